The Balaban J connectivity index is 1.86. The van der Waals surface area contributed by atoms with Gasteiger partial charge in [-0.2, -0.15) is 0 Å². The van der Waals surface area contributed by atoms with E-state index in [2.05, 4.69) is 0 Å². The van der Waals surface area contributed by atoms with E-state index in [4.69, 9.17) is 23.7 Å². The van der Waals surface area contributed by atoms with Crippen LogP contribution in [0.4, 0.5) is 0 Å². The molecule has 0 unspecified atom stereocenters. The van der Waals surface area contributed by atoms with Crippen molar-refractivity contribution in [3.05, 3.63) is 48.5 Å². The van der Waals surface area contributed by atoms with Crippen molar-refractivity contribution in [1.29, 1.82) is 0 Å². The van der Waals surface area contributed by atoms with Crippen molar-refractivity contribution in [3.8, 4) is 11.5 Å². The van der Waals surface area contributed by atoms with E-state index >= 15 is 0 Å². The Bertz CT molecular complexity index is 734. The zero-order valence-corrected chi connectivity index (χ0v) is 16.5. The quantitative estimate of drug-likeness (QED) is 0.665. The Kier molecular flexibility index (Phi) is 7.89. The number of hydrogen-bond donors (Lipinski definition) is 1. The van der Waals surface area contributed by atoms with Crippen molar-refractivity contribution in [2.45, 2.75) is 0 Å². The van der Waals surface area contributed by atoms with Crippen LogP contribution in [0.2, 0.25) is 0 Å². The van der Waals surface area contributed by atoms with Crippen molar-refractivity contribution in [2.75, 3.05) is 52.9 Å². The summed E-state index contributed by atoms with van der Waals surface area (Å²) in [5, 5.41) is 0.457. The second-order valence-corrected chi connectivity index (χ2v) is 8.16. The number of para-hydroxylation sites is 2. The molecule has 1 aliphatic heterocycles. The lowest BCUT2D eigenvalue weighted by molar-refractivity contribution is 0.00504. The molecule has 28 heavy (non-hydrogen) atoms. The Labute approximate surface area is 164 Å². The number of fused-ring (bicyclic) bond motifs is 2. The van der Waals surface area contributed by atoms with Crippen LogP contribution in [0.3, 0.4) is 0 Å². The van der Waals surface area contributed by atoms with Crippen LogP contribution in [0.5, 0.6) is 11.5 Å². The largest absolute Gasteiger partial charge is 0.490 e. The molecule has 1 heterocycles. The van der Waals surface area contributed by atoms with Gasteiger partial charge in [-0.15, -0.1) is 0 Å². The van der Waals surface area contributed by atoms with Gasteiger partial charge < -0.3 is 28.6 Å². The van der Waals surface area contributed by atoms with Gasteiger partial charge in [0.15, 0.2) is 0 Å². The normalized spacial score (nSPS) is 19.0. The molecule has 0 aromatic heterocycles. The summed E-state index contributed by atoms with van der Waals surface area (Å²) >= 11 is 0. The fourth-order valence-electron chi connectivity index (χ4n) is 2.75. The first-order valence-corrected chi connectivity index (χ1v) is 10.9. The highest BCUT2D eigenvalue weighted by molar-refractivity contribution is 7.73. The highest BCUT2D eigenvalue weighted by atomic mass is 31.2. The molecule has 3 rings (SSSR count). The van der Waals surface area contributed by atoms with Crippen LogP contribution in [0.25, 0.3) is 0 Å². The molecule has 0 saturated heterocycles. The molecule has 0 atom stereocenters. The topological polar surface area (TPSA) is 83.5 Å². The standard InChI is InChI=1S/C20H25O7P/c21-28(22)19-7-3-1-5-17(19)26-15-13-24-11-9-23-10-12-25-14-16-27-18-6-2-4-8-20(18)28/h1-8H,9-16H2,(H,21,22). The number of ether oxygens (including phenoxy) is 5. The molecular formula is C20H25O7P. The third kappa shape index (κ3) is 5.56. The molecule has 8 heteroatoms. The maximum atomic E-state index is 13.4. The molecule has 2 aromatic rings. The summed E-state index contributed by atoms with van der Waals surface area (Å²) in [6, 6.07) is 13.5. The second-order valence-electron chi connectivity index (χ2n) is 6.05. The molecule has 7 nitrogen and oxygen atoms in total. The Morgan fingerprint density at radius 3 is 1.39 bits per heavy atom. The summed E-state index contributed by atoms with van der Waals surface area (Å²) in [4.78, 5) is 11.0. The Hall–Kier alpha value is -1.89. The van der Waals surface area contributed by atoms with Gasteiger partial charge in [0.1, 0.15) is 24.7 Å². The van der Waals surface area contributed by atoms with E-state index in [1.54, 1.807) is 48.5 Å². The molecular weight excluding hydrogens is 383 g/mol. The van der Waals surface area contributed by atoms with E-state index in [1.807, 2.05) is 0 Å². The average molecular weight is 408 g/mol. The predicted octanol–water partition coefficient (Wildman–Crippen LogP) is 1.73. The summed E-state index contributed by atoms with van der Waals surface area (Å²) in [6.07, 6.45) is 0. The molecule has 1 aliphatic rings. The fraction of sp³-hybridized carbons (Fsp3) is 0.400. The van der Waals surface area contributed by atoms with E-state index in [-0.39, 0.29) is 23.8 Å². The lowest BCUT2D eigenvalue weighted by Gasteiger charge is -2.19. The van der Waals surface area contributed by atoms with Crippen molar-refractivity contribution < 1.29 is 33.1 Å². The highest BCUT2D eigenvalue weighted by Gasteiger charge is 2.31. The van der Waals surface area contributed by atoms with Gasteiger partial charge in [0, 0.05) is 0 Å². The first kappa shape index (κ1) is 20.8. The van der Waals surface area contributed by atoms with E-state index in [9.17, 15) is 9.46 Å². The van der Waals surface area contributed by atoms with Crippen LogP contribution in [-0.4, -0.2) is 57.7 Å². The minimum atomic E-state index is -3.93. The van der Waals surface area contributed by atoms with Gasteiger partial charge in [0.2, 0.25) is 0 Å². The molecule has 0 radical (unpaired) electrons. The summed E-state index contributed by atoms with van der Waals surface area (Å²) in [7, 11) is -3.93. The highest BCUT2D eigenvalue weighted by Crippen LogP contribution is 2.44. The van der Waals surface area contributed by atoms with Crippen molar-refractivity contribution in [2.24, 2.45) is 0 Å². The molecule has 0 fully saturated rings. The lowest BCUT2D eigenvalue weighted by atomic mass is 10.3. The summed E-state index contributed by atoms with van der Waals surface area (Å²) < 4.78 is 41.2. The van der Waals surface area contributed by atoms with E-state index in [0.29, 0.717) is 51.1 Å². The number of rotatable bonds is 0. The zero-order valence-electron chi connectivity index (χ0n) is 15.6. The molecule has 0 saturated carbocycles. The summed E-state index contributed by atoms with van der Waals surface area (Å²) in [5.41, 5.74) is 0. The van der Waals surface area contributed by atoms with Crippen molar-refractivity contribution in [1.82, 2.24) is 0 Å². The molecule has 152 valence electrons. The van der Waals surface area contributed by atoms with Crippen molar-refractivity contribution in [3.63, 3.8) is 0 Å². The van der Waals surface area contributed by atoms with Gasteiger partial charge in [-0.1, -0.05) is 24.3 Å². The summed E-state index contributed by atoms with van der Waals surface area (Å²) in [5.74, 6) is 0.708. The SMILES string of the molecule is O=P1(O)c2ccccc2OCCOCCOCCOCCOc2ccccc21. The lowest BCUT2D eigenvalue weighted by Crippen LogP contribution is -2.22. The van der Waals surface area contributed by atoms with Crippen LogP contribution in [0, 0.1) is 0 Å². The molecule has 2 aromatic carbocycles. The fourth-order valence-corrected chi connectivity index (χ4v) is 4.46. The van der Waals surface area contributed by atoms with E-state index < -0.39 is 7.37 Å². The predicted molar refractivity (Wildman–Crippen MR) is 105 cm³/mol. The van der Waals surface area contributed by atoms with Gasteiger partial charge in [0.05, 0.1) is 50.3 Å². The van der Waals surface area contributed by atoms with Gasteiger partial charge in [0.25, 0.3) is 7.37 Å². The monoisotopic (exact) mass is 408 g/mol. The van der Waals surface area contributed by atoms with Gasteiger partial charge in [-0.05, 0) is 24.3 Å². The zero-order chi connectivity index (χ0) is 19.7. The maximum absolute atomic E-state index is 13.4. The molecule has 0 aliphatic carbocycles. The average Bonchev–Trinajstić information content (AvgIpc) is 2.71. The van der Waals surface area contributed by atoms with Crippen LogP contribution in [0.1, 0.15) is 0 Å². The Morgan fingerprint density at radius 1 is 0.607 bits per heavy atom. The van der Waals surface area contributed by atoms with Crippen LogP contribution in [-0.2, 0) is 18.8 Å². The maximum Gasteiger partial charge on any atom is 0.266 e. The van der Waals surface area contributed by atoms with Gasteiger partial charge >= 0.3 is 0 Å². The second kappa shape index (κ2) is 10.6. The number of benzene rings is 2. The van der Waals surface area contributed by atoms with E-state index in [0.717, 1.165) is 0 Å². The van der Waals surface area contributed by atoms with Crippen LogP contribution >= 0.6 is 7.37 Å². The first-order chi connectivity index (χ1) is 13.7. The van der Waals surface area contributed by atoms with Crippen molar-refractivity contribution >= 4 is 18.0 Å². The molecule has 1 N–H and O–H groups in total. The molecule has 0 amide bonds. The number of hydrogen-bond acceptors (Lipinski definition) is 6. The molecule has 0 spiro atoms. The van der Waals surface area contributed by atoms with Gasteiger partial charge in [-0.3, -0.25) is 4.57 Å². The minimum absolute atomic E-state index is 0.228. The third-order valence-corrected chi connectivity index (χ3v) is 6.14. The third-order valence-electron chi connectivity index (χ3n) is 4.10. The van der Waals surface area contributed by atoms with Gasteiger partial charge in [-0.25, -0.2) is 0 Å². The first-order valence-electron chi connectivity index (χ1n) is 9.20. The van der Waals surface area contributed by atoms with Crippen LogP contribution in [0.15, 0.2) is 48.5 Å². The van der Waals surface area contributed by atoms with E-state index in [1.165, 1.54) is 0 Å². The molecule has 0 bridgehead atoms. The smallest absolute Gasteiger partial charge is 0.266 e. The Morgan fingerprint density at radius 2 is 0.964 bits per heavy atom. The minimum Gasteiger partial charge on any atom is -0.490 e. The summed E-state index contributed by atoms with van der Waals surface area (Å²) in [6.45, 7) is 3.05. The van der Waals surface area contributed by atoms with Crippen LogP contribution < -0.4 is 20.1 Å².